The quantitative estimate of drug-likeness (QED) is 0.249. The molecule has 5 aromatic rings. The molecule has 0 saturated carbocycles. The van der Waals surface area contributed by atoms with Crippen molar-refractivity contribution >= 4 is 27.7 Å². The minimum absolute atomic E-state index is 0.186. The molecule has 5 rings (SSSR count). The van der Waals surface area contributed by atoms with Gasteiger partial charge >= 0.3 is 0 Å². The molecule has 0 aliphatic heterocycles. The van der Waals surface area contributed by atoms with E-state index in [1.807, 2.05) is 67.6 Å². The highest BCUT2D eigenvalue weighted by molar-refractivity contribution is 6.13. The number of methoxy groups -OCH3 is 1. The lowest BCUT2D eigenvalue weighted by molar-refractivity contribution is 0.0948. The number of fused-ring (bicyclic) bond motifs is 3. The summed E-state index contributed by atoms with van der Waals surface area (Å²) in [5.41, 5.74) is 5.05. The molecule has 0 bridgehead atoms. The summed E-state index contributed by atoms with van der Waals surface area (Å²) in [5, 5.41) is 5.05. The standard InChI is InChI=1S/C30H29N3O3/c1-3-36-26-16-15-21(18-27(26)35-2)28-29-23(22-13-7-8-14-24(22)32-29)19-25(33-28)30(34)31-17-9-12-20-10-5-4-6-11-20/h4-8,10-11,13-16,18-19,32H,3,9,12,17H2,1-2H3,(H,31,34). The van der Waals surface area contributed by atoms with Crippen molar-refractivity contribution < 1.29 is 14.3 Å². The van der Waals surface area contributed by atoms with Gasteiger partial charge in [0.05, 0.1) is 24.9 Å². The number of para-hydroxylation sites is 1. The van der Waals surface area contributed by atoms with Crippen LogP contribution in [0.25, 0.3) is 33.1 Å². The maximum absolute atomic E-state index is 13.2. The van der Waals surface area contributed by atoms with E-state index in [2.05, 4.69) is 28.5 Å². The van der Waals surface area contributed by atoms with Crippen molar-refractivity contribution in [3.8, 4) is 22.8 Å². The van der Waals surface area contributed by atoms with Crippen LogP contribution < -0.4 is 14.8 Å². The fraction of sp³-hybridized carbons (Fsp3) is 0.200. The summed E-state index contributed by atoms with van der Waals surface area (Å²) in [6, 6.07) is 26.0. The van der Waals surface area contributed by atoms with E-state index in [0.717, 1.165) is 40.2 Å². The van der Waals surface area contributed by atoms with Crippen molar-refractivity contribution in [1.29, 1.82) is 0 Å². The number of carbonyl (C=O) groups excluding carboxylic acids is 1. The predicted octanol–water partition coefficient (Wildman–Crippen LogP) is 6.15. The van der Waals surface area contributed by atoms with Crippen molar-refractivity contribution in [3.05, 3.63) is 90.1 Å². The van der Waals surface area contributed by atoms with E-state index in [9.17, 15) is 4.79 Å². The lowest BCUT2D eigenvalue weighted by Crippen LogP contribution is -2.25. The van der Waals surface area contributed by atoms with Crippen LogP contribution in [0, 0.1) is 0 Å². The summed E-state index contributed by atoms with van der Waals surface area (Å²) in [4.78, 5) is 21.5. The molecule has 6 nitrogen and oxygen atoms in total. The first-order valence-corrected chi connectivity index (χ1v) is 12.2. The average molecular weight is 480 g/mol. The Morgan fingerprint density at radius 3 is 2.56 bits per heavy atom. The number of hydrogen-bond acceptors (Lipinski definition) is 4. The molecule has 1 amide bonds. The Labute approximate surface area is 210 Å². The van der Waals surface area contributed by atoms with Gasteiger partial charge < -0.3 is 19.8 Å². The molecular weight excluding hydrogens is 450 g/mol. The van der Waals surface area contributed by atoms with E-state index in [1.54, 1.807) is 7.11 Å². The van der Waals surface area contributed by atoms with Crippen molar-refractivity contribution in [3.63, 3.8) is 0 Å². The SMILES string of the molecule is CCOc1ccc(-c2nc(C(=O)NCCCc3ccccc3)cc3c2[nH]c2ccccc23)cc1OC. The number of nitrogens with one attached hydrogen (secondary N) is 2. The van der Waals surface area contributed by atoms with Gasteiger partial charge in [0.1, 0.15) is 5.69 Å². The van der Waals surface area contributed by atoms with Crippen LogP contribution in [0.5, 0.6) is 11.5 Å². The molecule has 0 fully saturated rings. The molecule has 0 aliphatic carbocycles. The number of carbonyl (C=O) groups is 1. The number of aromatic nitrogens is 2. The highest BCUT2D eigenvalue weighted by Crippen LogP contribution is 2.36. The number of H-pyrrole nitrogens is 1. The Kier molecular flexibility index (Phi) is 6.85. The lowest BCUT2D eigenvalue weighted by Gasteiger charge is -2.12. The number of nitrogens with zero attached hydrogens (tertiary/aromatic N) is 1. The third-order valence-electron chi connectivity index (χ3n) is 6.24. The molecule has 182 valence electrons. The van der Waals surface area contributed by atoms with E-state index in [4.69, 9.17) is 14.5 Å². The number of ether oxygens (including phenoxy) is 2. The summed E-state index contributed by atoms with van der Waals surface area (Å²) in [7, 11) is 1.62. The zero-order valence-corrected chi connectivity index (χ0v) is 20.5. The zero-order valence-electron chi connectivity index (χ0n) is 20.5. The Hall–Kier alpha value is -4.32. The van der Waals surface area contributed by atoms with Crippen LogP contribution in [-0.2, 0) is 6.42 Å². The summed E-state index contributed by atoms with van der Waals surface area (Å²) in [6.07, 6.45) is 1.77. The van der Waals surface area contributed by atoms with Gasteiger partial charge in [-0.05, 0) is 55.7 Å². The van der Waals surface area contributed by atoms with Crippen molar-refractivity contribution in [2.45, 2.75) is 19.8 Å². The number of amides is 1. The van der Waals surface area contributed by atoms with E-state index in [0.29, 0.717) is 36.0 Å². The Bertz CT molecular complexity index is 1510. The third kappa shape index (κ3) is 4.75. The number of benzene rings is 3. The Morgan fingerprint density at radius 2 is 1.75 bits per heavy atom. The molecule has 0 unspecified atom stereocenters. The largest absolute Gasteiger partial charge is 0.493 e. The Balaban J connectivity index is 1.49. The number of pyridine rings is 1. The number of hydrogen-bond donors (Lipinski definition) is 2. The van der Waals surface area contributed by atoms with Gasteiger partial charge in [-0.2, -0.15) is 0 Å². The van der Waals surface area contributed by atoms with E-state index < -0.39 is 0 Å². The molecule has 0 radical (unpaired) electrons. The summed E-state index contributed by atoms with van der Waals surface area (Å²) >= 11 is 0. The van der Waals surface area contributed by atoms with Gasteiger partial charge in [-0.3, -0.25) is 4.79 Å². The van der Waals surface area contributed by atoms with Crippen molar-refractivity contribution in [2.75, 3.05) is 20.3 Å². The fourth-order valence-corrected chi connectivity index (χ4v) is 4.49. The first-order chi connectivity index (χ1) is 17.7. The lowest BCUT2D eigenvalue weighted by atomic mass is 10.1. The molecule has 3 aromatic carbocycles. The topological polar surface area (TPSA) is 76.2 Å². The predicted molar refractivity (Wildman–Crippen MR) is 144 cm³/mol. The molecule has 36 heavy (non-hydrogen) atoms. The Morgan fingerprint density at radius 1 is 0.944 bits per heavy atom. The van der Waals surface area contributed by atoms with Gasteiger partial charge in [-0.25, -0.2) is 4.98 Å². The molecule has 0 spiro atoms. The molecule has 2 N–H and O–H groups in total. The van der Waals surface area contributed by atoms with E-state index >= 15 is 0 Å². The van der Waals surface area contributed by atoms with Crippen LogP contribution >= 0.6 is 0 Å². The van der Waals surface area contributed by atoms with Crippen LogP contribution in [-0.4, -0.2) is 36.1 Å². The zero-order chi connectivity index (χ0) is 24.9. The number of aromatic amines is 1. The van der Waals surface area contributed by atoms with Crippen LogP contribution in [0.1, 0.15) is 29.4 Å². The van der Waals surface area contributed by atoms with E-state index in [-0.39, 0.29) is 5.91 Å². The second-order valence-corrected chi connectivity index (χ2v) is 8.59. The minimum atomic E-state index is -0.186. The summed E-state index contributed by atoms with van der Waals surface area (Å²) in [6.45, 7) is 3.05. The highest BCUT2D eigenvalue weighted by Gasteiger charge is 2.18. The molecule has 0 aliphatic rings. The highest BCUT2D eigenvalue weighted by atomic mass is 16.5. The smallest absolute Gasteiger partial charge is 0.269 e. The first kappa shape index (κ1) is 23.4. The second kappa shape index (κ2) is 10.5. The normalized spacial score (nSPS) is 11.1. The first-order valence-electron chi connectivity index (χ1n) is 12.2. The number of aryl methyl sites for hydroxylation is 1. The maximum Gasteiger partial charge on any atom is 0.269 e. The molecule has 2 aromatic heterocycles. The summed E-state index contributed by atoms with van der Waals surface area (Å²) in [5.74, 6) is 1.11. The van der Waals surface area contributed by atoms with Gasteiger partial charge in [0.15, 0.2) is 11.5 Å². The van der Waals surface area contributed by atoms with Gasteiger partial charge in [-0.15, -0.1) is 0 Å². The average Bonchev–Trinajstić information content (AvgIpc) is 3.30. The monoisotopic (exact) mass is 479 g/mol. The van der Waals surface area contributed by atoms with Crippen LogP contribution in [0.2, 0.25) is 0 Å². The van der Waals surface area contributed by atoms with Gasteiger partial charge in [0.2, 0.25) is 0 Å². The molecular formula is C30H29N3O3. The van der Waals surface area contributed by atoms with Gasteiger partial charge in [-0.1, -0.05) is 48.5 Å². The molecule has 2 heterocycles. The molecule has 6 heteroatoms. The van der Waals surface area contributed by atoms with Crippen molar-refractivity contribution in [2.24, 2.45) is 0 Å². The van der Waals surface area contributed by atoms with E-state index in [1.165, 1.54) is 5.56 Å². The molecule has 0 atom stereocenters. The third-order valence-corrected chi connectivity index (χ3v) is 6.24. The van der Waals surface area contributed by atoms with Crippen LogP contribution in [0.4, 0.5) is 0 Å². The summed E-state index contributed by atoms with van der Waals surface area (Å²) < 4.78 is 11.3. The number of rotatable bonds is 9. The van der Waals surface area contributed by atoms with Crippen LogP contribution in [0.15, 0.2) is 78.9 Å². The fourth-order valence-electron chi connectivity index (χ4n) is 4.49. The van der Waals surface area contributed by atoms with Crippen LogP contribution in [0.3, 0.4) is 0 Å². The minimum Gasteiger partial charge on any atom is -0.493 e. The maximum atomic E-state index is 13.2. The molecule has 0 saturated heterocycles. The second-order valence-electron chi connectivity index (χ2n) is 8.59. The van der Waals surface area contributed by atoms with Gasteiger partial charge in [0.25, 0.3) is 5.91 Å². The van der Waals surface area contributed by atoms with Gasteiger partial charge in [0, 0.05) is 28.4 Å². The van der Waals surface area contributed by atoms with Crippen molar-refractivity contribution in [1.82, 2.24) is 15.3 Å².